The van der Waals surface area contributed by atoms with Crippen LogP contribution in [0, 0.1) is 0 Å². The Bertz CT molecular complexity index is 2120. The number of carbonyl (C=O) groups excluding carboxylic acids is 1. The second-order valence-electron chi connectivity index (χ2n) is 30.3. The van der Waals surface area contributed by atoms with Crippen LogP contribution in [0.1, 0.15) is 373 Å². The van der Waals surface area contributed by atoms with Crippen molar-refractivity contribution in [3.05, 3.63) is 97.2 Å². The highest BCUT2D eigenvalue weighted by molar-refractivity contribution is 5.76. The van der Waals surface area contributed by atoms with Crippen LogP contribution >= 0.6 is 0 Å². The maximum atomic E-state index is 13.4. The van der Waals surface area contributed by atoms with Crippen LogP contribution in [-0.4, -0.2) is 140 Å². The van der Waals surface area contributed by atoms with Gasteiger partial charge in [0.25, 0.3) is 0 Å². The lowest BCUT2D eigenvalue weighted by molar-refractivity contribution is -0.359. The summed E-state index contributed by atoms with van der Waals surface area (Å²) in [7, 11) is 0. The van der Waals surface area contributed by atoms with Gasteiger partial charge in [0, 0.05) is 6.42 Å². The number of aliphatic hydroxyl groups is 8. The van der Waals surface area contributed by atoms with E-state index in [9.17, 15) is 45.6 Å². The van der Waals surface area contributed by atoms with Crippen LogP contribution in [0.5, 0.6) is 0 Å². The monoisotopic (exact) mass is 1460 g/mol. The van der Waals surface area contributed by atoms with Crippen LogP contribution in [-0.2, 0) is 23.7 Å². The molecule has 0 aromatic rings. The van der Waals surface area contributed by atoms with Gasteiger partial charge in [-0.2, -0.15) is 0 Å². The van der Waals surface area contributed by atoms with Crippen LogP contribution in [0.25, 0.3) is 0 Å². The fourth-order valence-corrected chi connectivity index (χ4v) is 14.0. The number of allylic oxidation sites excluding steroid dienone is 15. The molecule has 12 unspecified atom stereocenters. The van der Waals surface area contributed by atoms with Gasteiger partial charge in [0.1, 0.15) is 48.8 Å². The van der Waals surface area contributed by atoms with Crippen LogP contribution in [0.3, 0.4) is 0 Å². The zero-order valence-electron chi connectivity index (χ0n) is 66.5. The number of rotatable bonds is 73. The predicted molar refractivity (Wildman–Crippen MR) is 433 cm³/mol. The molecule has 2 fully saturated rings. The van der Waals surface area contributed by atoms with E-state index in [1.54, 1.807) is 6.08 Å². The van der Waals surface area contributed by atoms with Gasteiger partial charge in [0.2, 0.25) is 5.91 Å². The van der Waals surface area contributed by atoms with E-state index in [-0.39, 0.29) is 18.9 Å². The van der Waals surface area contributed by atoms with Crippen molar-refractivity contribution in [2.24, 2.45) is 0 Å². The van der Waals surface area contributed by atoms with Crippen molar-refractivity contribution < 1.29 is 64.6 Å². The summed E-state index contributed by atoms with van der Waals surface area (Å²) >= 11 is 0. The van der Waals surface area contributed by atoms with E-state index in [1.807, 2.05) is 6.08 Å². The molecule has 0 aromatic carbocycles. The summed E-state index contributed by atoms with van der Waals surface area (Å²) in [5, 5.41) is 87.8. The maximum absolute atomic E-state index is 13.4. The second-order valence-corrected chi connectivity index (χ2v) is 30.3. The summed E-state index contributed by atoms with van der Waals surface area (Å²) in [5.74, 6) is -0.237. The minimum absolute atomic E-state index is 0.237. The van der Waals surface area contributed by atoms with E-state index in [0.29, 0.717) is 6.42 Å². The molecule has 0 aliphatic carbocycles. The third kappa shape index (κ3) is 54.5. The SMILES string of the molecule is CC/C=C\C/C=C\C/C=C\C/C=C\C/C=C\C/C=C\C/C=C\CCCCCCCCCCCCCCCCCC(=O)NC(COC1OC(CO)C(OC2OC(CO)C(O)C(O)C2O)C(O)C1O)C(O)/C=C/CCCCCCCCCCCCCCCCCCCCCCCCCCCCCCCCC. The van der Waals surface area contributed by atoms with Gasteiger partial charge in [-0.25, -0.2) is 0 Å². The minimum atomic E-state index is -1.79. The van der Waals surface area contributed by atoms with Gasteiger partial charge in [-0.15, -0.1) is 0 Å². The molecule has 2 rings (SSSR count). The van der Waals surface area contributed by atoms with Crippen molar-refractivity contribution in [1.29, 1.82) is 0 Å². The van der Waals surface area contributed by atoms with Gasteiger partial charge in [0.15, 0.2) is 12.6 Å². The van der Waals surface area contributed by atoms with Crippen molar-refractivity contribution in [3.63, 3.8) is 0 Å². The minimum Gasteiger partial charge on any atom is -0.394 e. The Morgan fingerprint density at radius 1 is 0.356 bits per heavy atom. The summed E-state index contributed by atoms with van der Waals surface area (Å²) in [5.41, 5.74) is 0. The quantitative estimate of drug-likeness (QED) is 0.0204. The van der Waals surface area contributed by atoms with Crippen LogP contribution in [0.15, 0.2) is 97.2 Å². The molecule has 604 valence electrons. The highest BCUT2D eigenvalue weighted by Crippen LogP contribution is 2.30. The van der Waals surface area contributed by atoms with Gasteiger partial charge in [-0.05, 0) is 77.0 Å². The number of amides is 1. The summed E-state index contributed by atoms with van der Waals surface area (Å²) in [6.45, 7) is 2.74. The van der Waals surface area contributed by atoms with Crippen molar-refractivity contribution >= 4 is 5.91 Å². The molecule has 2 aliphatic rings. The van der Waals surface area contributed by atoms with E-state index >= 15 is 0 Å². The van der Waals surface area contributed by atoms with Crippen LogP contribution < -0.4 is 5.32 Å². The van der Waals surface area contributed by atoms with Crippen molar-refractivity contribution in [1.82, 2.24) is 5.32 Å². The Hall–Kier alpha value is -3.09. The number of unbranched alkanes of at least 4 members (excludes halogenated alkanes) is 46. The Morgan fingerprint density at radius 2 is 0.663 bits per heavy atom. The fraction of sp³-hybridized carbons (Fsp3) is 0.811. The van der Waals surface area contributed by atoms with E-state index in [0.717, 1.165) is 83.5 Å². The third-order valence-electron chi connectivity index (χ3n) is 20.8. The molecule has 0 aromatic heterocycles. The Morgan fingerprint density at radius 3 is 1.02 bits per heavy atom. The molecule has 9 N–H and O–H groups in total. The van der Waals surface area contributed by atoms with Crippen LogP contribution in [0.2, 0.25) is 0 Å². The molecule has 12 atom stereocenters. The molecule has 0 saturated carbocycles. The summed E-state index contributed by atoms with van der Waals surface area (Å²) < 4.78 is 23.0. The number of nitrogens with one attached hydrogen (secondary N) is 1. The van der Waals surface area contributed by atoms with Gasteiger partial charge in [0.05, 0.1) is 32.0 Å². The number of hydrogen-bond acceptors (Lipinski definition) is 13. The average molecular weight is 1470 g/mol. The number of carbonyl (C=O) groups is 1. The lowest BCUT2D eigenvalue weighted by Crippen LogP contribution is -2.65. The lowest BCUT2D eigenvalue weighted by Gasteiger charge is -2.46. The molecule has 2 saturated heterocycles. The fourth-order valence-electron chi connectivity index (χ4n) is 14.0. The number of aliphatic hydroxyl groups excluding tert-OH is 8. The zero-order chi connectivity index (χ0) is 75.1. The molecule has 104 heavy (non-hydrogen) atoms. The van der Waals surface area contributed by atoms with Gasteiger partial charge in [-0.1, -0.05) is 387 Å². The number of hydrogen-bond donors (Lipinski definition) is 9. The van der Waals surface area contributed by atoms with Gasteiger partial charge < -0.3 is 65.1 Å². The molecule has 14 heteroatoms. The largest absolute Gasteiger partial charge is 0.394 e. The van der Waals surface area contributed by atoms with E-state index < -0.39 is 86.8 Å². The first-order chi connectivity index (χ1) is 51.1. The van der Waals surface area contributed by atoms with Crippen molar-refractivity contribution in [3.8, 4) is 0 Å². The lowest BCUT2D eigenvalue weighted by atomic mass is 9.97. The second kappa shape index (κ2) is 72.8. The summed E-state index contributed by atoms with van der Waals surface area (Å²) in [6.07, 6.45) is 87.9. The molecule has 14 nitrogen and oxygen atoms in total. The Balaban J connectivity index is 1.59. The molecule has 0 bridgehead atoms. The zero-order valence-corrected chi connectivity index (χ0v) is 66.5. The first-order valence-corrected chi connectivity index (χ1v) is 43.5. The van der Waals surface area contributed by atoms with E-state index in [2.05, 4.69) is 104 Å². The Labute approximate surface area is 636 Å². The smallest absolute Gasteiger partial charge is 0.220 e. The third-order valence-corrected chi connectivity index (χ3v) is 20.8. The van der Waals surface area contributed by atoms with Crippen LogP contribution in [0.4, 0.5) is 0 Å². The first-order valence-electron chi connectivity index (χ1n) is 43.5. The maximum Gasteiger partial charge on any atom is 0.220 e. The molecule has 2 aliphatic heterocycles. The average Bonchev–Trinajstić information content (AvgIpc) is 0.790. The molecular weight excluding hydrogens is 1300 g/mol. The standard InChI is InChI=1S/C90H161NO13/c1-3-5-7-9-11-13-15-17-19-21-23-25-27-29-31-33-35-37-38-39-40-42-44-46-48-50-52-54-56-58-60-62-64-66-68-70-72-74-82(95)91-78(77-101-89-87(100)85(98)88(81(76-93)103-89)104-90-86(99)84(97)83(96)80(75-92)102-90)79(94)73-71-69-67-65-63-61-59-57-55-53-51-49-47-45-43-41-36-34-32-30-28-26-24-22-20-18-16-14-12-10-8-6-4-2/h5,7,11,13,17,19,23,25,29,31,35,37,39-40,71,73,78-81,83-90,92-94,96-100H,3-4,6,8-10,12,14-16,18,20-22,24,26-28,30,32-34,36,38,41-70,72,74-77H2,1-2H3,(H,91,95)/b7-5-,13-11-,19-17-,25-23-,31-29-,37-35-,40-39-,73-71+. The molecule has 2 heterocycles. The topological polar surface area (TPSA) is 228 Å². The molecule has 1 amide bonds. The van der Waals surface area contributed by atoms with E-state index in [4.69, 9.17) is 18.9 Å². The van der Waals surface area contributed by atoms with Crippen molar-refractivity contribution in [2.75, 3.05) is 19.8 Å². The van der Waals surface area contributed by atoms with Crippen molar-refractivity contribution in [2.45, 2.75) is 447 Å². The molecular formula is C90H161NO13. The highest BCUT2D eigenvalue weighted by Gasteiger charge is 2.51. The molecule has 0 radical (unpaired) electrons. The summed E-state index contributed by atoms with van der Waals surface area (Å²) in [4.78, 5) is 13.4. The summed E-state index contributed by atoms with van der Waals surface area (Å²) in [6, 6.07) is -0.922. The van der Waals surface area contributed by atoms with E-state index in [1.165, 1.54) is 263 Å². The Kier molecular flexibility index (Phi) is 67.8. The highest BCUT2D eigenvalue weighted by atomic mass is 16.7. The normalized spacial score (nSPS) is 21.9. The van der Waals surface area contributed by atoms with Gasteiger partial charge >= 0.3 is 0 Å². The number of ether oxygens (including phenoxy) is 4. The predicted octanol–water partition coefficient (Wildman–Crippen LogP) is 20.8. The first kappa shape index (κ1) is 97.0. The molecule has 0 spiro atoms. The van der Waals surface area contributed by atoms with Gasteiger partial charge in [-0.3, -0.25) is 4.79 Å².